The number of hydrogen-bond donors (Lipinski definition) is 1. The molecule has 0 amide bonds. The molecular formula is C15H15Cl2NO. The Bertz CT molecular complexity index is 555. The summed E-state index contributed by atoms with van der Waals surface area (Å²) in [5.74, 6) is 1.25. The van der Waals surface area contributed by atoms with Gasteiger partial charge in [0, 0.05) is 6.04 Å². The van der Waals surface area contributed by atoms with Crippen molar-refractivity contribution in [1.29, 1.82) is 0 Å². The van der Waals surface area contributed by atoms with E-state index in [1.54, 1.807) is 18.2 Å². The van der Waals surface area contributed by atoms with Crippen molar-refractivity contribution in [3.8, 4) is 11.5 Å². The maximum absolute atomic E-state index is 6.07. The number of halogens is 2. The van der Waals surface area contributed by atoms with E-state index < -0.39 is 0 Å². The van der Waals surface area contributed by atoms with Crippen LogP contribution in [0.2, 0.25) is 10.0 Å². The molecule has 2 aromatic carbocycles. The zero-order chi connectivity index (χ0) is 13.8. The molecule has 2 N–H and O–H groups in total. The molecule has 0 unspecified atom stereocenters. The van der Waals surface area contributed by atoms with Gasteiger partial charge in [-0.3, -0.25) is 0 Å². The maximum atomic E-state index is 6.07. The molecule has 19 heavy (non-hydrogen) atoms. The minimum atomic E-state index is 0.0591. The predicted molar refractivity (Wildman–Crippen MR) is 80.2 cm³/mol. The van der Waals surface area contributed by atoms with Crippen LogP contribution in [0, 0.1) is 0 Å². The van der Waals surface area contributed by atoms with Crippen molar-refractivity contribution in [2.45, 2.75) is 19.4 Å². The first-order valence-electron chi connectivity index (χ1n) is 6.09. The molecule has 0 radical (unpaired) electrons. The van der Waals surface area contributed by atoms with E-state index in [2.05, 4.69) is 6.92 Å². The van der Waals surface area contributed by atoms with E-state index in [9.17, 15) is 0 Å². The van der Waals surface area contributed by atoms with E-state index in [4.69, 9.17) is 33.7 Å². The van der Waals surface area contributed by atoms with Gasteiger partial charge in [0.1, 0.15) is 16.5 Å². The summed E-state index contributed by atoms with van der Waals surface area (Å²) in [6, 6.07) is 13.0. The van der Waals surface area contributed by atoms with Crippen molar-refractivity contribution in [2.24, 2.45) is 5.73 Å². The summed E-state index contributed by atoms with van der Waals surface area (Å²) in [4.78, 5) is 0. The van der Waals surface area contributed by atoms with E-state index in [1.165, 1.54) is 0 Å². The molecule has 0 saturated carbocycles. The van der Waals surface area contributed by atoms with Gasteiger partial charge < -0.3 is 10.5 Å². The van der Waals surface area contributed by atoms with Crippen LogP contribution in [-0.4, -0.2) is 0 Å². The third kappa shape index (κ3) is 3.41. The van der Waals surface area contributed by atoms with Crippen LogP contribution in [0.3, 0.4) is 0 Å². The van der Waals surface area contributed by atoms with Gasteiger partial charge in [0.15, 0.2) is 0 Å². The van der Waals surface area contributed by atoms with E-state index in [-0.39, 0.29) is 6.04 Å². The van der Waals surface area contributed by atoms with E-state index in [1.807, 2.05) is 24.3 Å². The van der Waals surface area contributed by atoms with Gasteiger partial charge in [-0.25, -0.2) is 0 Å². The molecule has 0 aliphatic carbocycles. The van der Waals surface area contributed by atoms with Gasteiger partial charge in [-0.2, -0.15) is 0 Å². The topological polar surface area (TPSA) is 35.2 Å². The minimum Gasteiger partial charge on any atom is -0.456 e. The summed E-state index contributed by atoms with van der Waals surface area (Å²) in [6.07, 6.45) is 0.903. The molecule has 4 heteroatoms. The fraction of sp³-hybridized carbons (Fsp3) is 0.200. The summed E-state index contributed by atoms with van der Waals surface area (Å²) in [7, 11) is 0. The molecule has 0 fully saturated rings. The zero-order valence-electron chi connectivity index (χ0n) is 10.6. The molecule has 1 atom stereocenters. The van der Waals surface area contributed by atoms with Gasteiger partial charge in [-0.15, -0.1) is 0 Å². The van der Waals surface area contributed by atoms with E-state index >= 15 is 0 Å². The number of ether oxygens (including phenoxy) is 1. The highest BCUT2D eigenvalue weighted by molar-refractivity contribution is 6.42. The first kappa shape index (κ1) is 14.2. The summed E-state index contributed by atoms with van der Waals surface area (Å²) in [6.45, 7) is 2.06. The zero-order valence-corrected chi connectivity index (χ0v) is 12.1. The highest BCUT2D eigenvalue weighted by Crippen LogP contribution is 2.34. The third-order valence-corrected chi connectivity index (χ3v) is 3.69. The van der Waals surface area contributed by atoms with Crippen molar-refractivity contribution in [1.82, 2.24) is 0 Å². The highest BCUT2D eigenvalue weighted by Gasteiger charge is 2.07. The van der Waals surface area contributed by atoms with Crippen LogP contribution < -0.4 is 10.5 Å². The van der Waals surface area contributed by atoms with Crippen molar-refractivity contribution in [3.05, 3.63) is 58.1 Å². The highest BCUT2D eigenvalue weighted by atomic mass is 35.5. The minimum absolute atomic E-state index is 0.0591. The molecule has 0 bridgehead atoms. The molecule has 0 aromatic heterocycles. The Kier molecular flexibility index (Phi) is 4.70. The summed E-state index contributed by atoms with van der Waals surface area (Å²) >= 11 is 12.0. The average molecular weight is 296 g/mol. The van der Waals surface area contributed by atoms with Gasteiger partial charge in [0.2, 0.25) is 0 Å². The van der Waals surface area contributed by atoms with Crippen LogP contribution in [0.15, 0.2) is 42.5 Å². The van der Waals surface area contributed by atoms with Crippen LogP contribution in [0.1, 0.15) is 24.9 Å². The van der Waals surface area contributed by atoms with Crippen LogP contribution in [0.25, 0.3) is 0 Å². The second kappa shape index (κ2) is 6.29. The first-order valence-corrected chi connectivity index (χ1v) is 6.84. The van der Waals surface area contributed by atoms with E-state index in [0.717, 1.165) is 12.0 Å². The Balaban J connectivity index is 2.18. The lowest BCUT2D eigenvalue weighted by molar-refractivity contribution is 0.482. The van der Waals surface area contributed by atoms with Gasteiger partial charge in [-0.1, -0.05) is 48.3 Å². The van der Waals surface area contributed by atoms with Crippen LogP contribution in [0.5, 0.6) is 11.5 Å². The van der Waals surface area contributed by atoms with Crippen LogP contribution >= 0.6 is 23.2 Å². The predicted octanol–water partition coefficient (Wildman–Crippen LogP) is 5.20. The molecule has 0 spiro atoms. The Hall–Kier alpha value is -1.22. The fourth-order valence-corrected chi connectivity index (χ4v) is 2.04. The Morgan fingerprint density at radius 1 is 1.11 bits per heavy atom. The molecule has 2 aromatic rings. The summed E-state index contributed by atoms with van der Waals surface area (Å²) < 4.78 is 5.70. The quantitative estimate of drug-likeness (QED) is 0.842. The van der Waals surface area contributed by atoms with Gasteiger partial charge >= 0.3 is 0 Å². The Morgan fingerprint density at radius 3 is 2.42 bits per heavy atom. The molecule has 0 aliphatic rings. The number of rotatable bonds is 4. The second-order valence-electron chi connectivity index (χ2n) is 4.24. The molecule has 0 heterocycles. The molecule has 2 nitrogen and oxygen atoms in total. The maximum Gasteiger partial charge on any atom is 0.147 e. The van der Waals surface area contributed by atoms with Crippen molar-refractivity contribution in [2.75, 3.05) is 0 Å². The Labute approximate surface area is 123 Å². The lowest BCUT2D eigenvalue weighted by atomic mass is 10.1. The standard InChI is InChI=1S/C15H15Cl2NO/c1-2-13(18)10-6-8-11(9-7-10)19-14-5-3-4-12(16)15(14)17/h3-9,13H,2,18H2,1H3/t13-/m1/s1. The van der Waals surface area contributed by atoms with Crippen molar-refractivity contribution < 1.29 is 4.74 Å². The smallest absolute Gasteiger partial charge is 0.147 e. The monoisotopic (exact) mass is 295 g/mol. The lowest BCUT2D eigenvalue weighted by Gasteiger charge is -2.11. The molecule has 2 rings (SSSR count). The largest absolute Gasteiger partial charge is 0.456 e. The van der Waals surface area contributed by atoms with Crippen LogP contribution in [-0.2, 0) is 0 Å². The number of hydrogen-bond acceptors (Lipinski definition) is 2. The van der Waals surface area contributed by atoms with Gasteiger partial charge in [0.05, 0.1) is 5.02 Å². The SMILES string of the molecule is CC[C@@H](N)c1ccc(Oc2cccc(Cl)c2Cl)cc1. The van der Waals surface area contributed by atoms with E-state index in [0.29, 0.717) is 21.5 Å². The van der Waals surface area contributed by atoms with Gasteiger partial charge in [0.25, 0.3) is 0 Å². The van der Waals surface area contributed by atoms with Crippen molar-refractivity contribution >= 4 is 23.2 Å². The Morgan fingerprint density at radius 2 is 1.79 bits per heavy atom. The normalized spacial score (nSPS) is 12.2. The first-order chi connectivity index (χ1) is 9.11. The molecule has 0 saturated heterocycles. The summed E-state index contributed by atoms with van der Waals surface area (Å²) in [5, 5.41) is 0.891. The molecule has 100 valence electrons. The molecular weight excluding hydrogens is 281 g/mol. The van der Waals surface area contributed by atoms with Gasteiger partial charge in [-0.05, 0) is 36.2 Å². The number of benzene rings is 2. The lowest BCUT2D eigenvalue weighted by Crippen LogP contribution is -2.07. The second-order valence-corrected chi connectivity index (χ2v) is 5.02. The summed E-state index contributed by atoms with van der Waals surface area (Å²) in [5.41, 5.74) is 7.05. The number of nitrogens with two attached hydrogens (primary N) is 1. The average Bonchev–Trinajstić information content (AvgIpc) is 2.44. The molecule has 0 aliphatic heterocycles. The fourth-order valence-electron chi connectivity index (χ4n) is 1.71. The third-order valence-electron chi connectivity index (χ3n) is 2.89. The van der Waals surface area contributed by atoms with Crippen LogP contribution in [0.4, 0.5) is 0 Å². The van der Waals surface area contributed by atoms with Crippen molar-refractivity contribution in [3.63, 3.8) is 0 Å².